The quantitative estimate of drug-likeness (QED) is 0.759. The van der Waals surface area contributed by atoms with Crippen molar-refractivity contribution in [1.29, 1.82) is 0 Å². The number of nitrogens with one attached hydrogen (secondary N) is 1. The highest BCUT2D eigenvalue weighted by atomic mass is 35.5. The molecule has 0 aliphatic carbocycles. The molecule has 0 spiro atoms. The van der Waals surface area contributed by atoms with Gasteiger partial charge in [-0.05, 0) is 35.7 Å². The summed E-state index contributed by atoms with van der Waals surface area (Å²) in [7, 11) is 1.80. The van der Waals surface area contributed by atoms with Gasteiger partial charge in [0.2, 0.25) is 0 Å². The molecule has 0 atom stereocenters. The van der Waals surface area contributed by atoms with E-state index in [1.165, 1.54) is 11.3 Å². The van der Waals surface area contributed by atoms with Gasteiger partial charge in [-0.3, -0.25) is 9.48 Å². The van der Waals surface area contributed by atoms with E-state index >= 15 is 0 Å². The zero-order valence-corrected chi connectivity index (χ0v) is 13.9. The number of anilines is 1. The maximum absolute atomic E-state index is 12.2. The molecule has 1 N–H and O–H groups in total. The number of nitrogens with zero attached hydrogens (tertiary/aromatic N) is 2. The molecule has 3 rings (SSSR count). The highest BCUT2D eigenvalue weighted by Crippen LogP contribution is 2.20. The van der Waals surface area contributed by atoms with E-state index in [0.29, 0.717) is 22.2 Å². The maximum atomic E-state index is 12.2. The van der Waals surface area contributed by atoms with Crippen molar-refractivity contribution in [1.82, 2.24) is 9.78 Å². The SMILES string of the molecule is Cn1cc(NC(=O)c2cc(COc3ccc(Cl)cc3)cs2)cn1. The number of rotatable bonds is 5. The van der Waals surface area contributed by atoms with Gasteiger partial charge >= 0.3 is 0 Å². The first-order valence-corrected chi connectivity index (χ1v) is 8.12. The molecule has 7 heteroatoms. The number of aryl methyl sites for hydroxylation is 1. The molecule has 5 nitrogen and oxygen atoms in total. The molecule has 0 aliphatic rings. The molecule has 1 amide bonds. The van der Waals surface area contributed by atoms with Crippen molar-refractivity contribution < 1.29 is 9.53 Å². The van der Waals surface area contributed by atoms with Gasteiger partial charge in [-0.2, -0.15) is 5.10 Å². The van der Waals surface area contributed by atoms with Crippen LogP contribution in [0.4, 0.5) is 5.69 Å². The fourth-order valence-electron chi connectivity index (χ4n) is 1.95. The second-order valence-electron chi connectivity index (χ2n) is 4.92. The molecule has 23 heavy (non-hydrogen) atoms. The van der Waals surface area contributed by atoms with Gasteiger partial charge < -0.3 is 10.1 Å². The maximum Gasteiger partial charge on any atom is 0.265 e. The third-order valence-electron chi connectivity index (χ3n) is 3.06. The van der Waals surface area contributed by atoms with E-state index in [9.17, 15) is 4.79 Å². The molecule has 0 saturated carbocycles. The second kappa shape index (κ2) is 6.85. The molecule has 1 aromatic carbocycles. The molecule has 118 valence electrons. The van der Waals surface area contributed by atoms with Gasteiger partial charge in [0.1, 0.15) is 12.4 Å². The van der Waals surface area contributed by atoms with Crippen LogP contribution in [-0.2, 0) is 13.7 Å². The Hall–Kier alpha value is -2.31. The van der Waals surface area contributed by atoms with Gasteiger partial charge in [-0.15, -0.1) is 11.3 Å². The highest BCUT2D eigenvalue weighted by Gasteiger charge is 2.10. The molecule has 2 aromatic heterocycles. The van der Waals surface area contributed by atoms with Crippen LogP contribution in [0.15, 0.2) is 48.1 Å². The van der Waals surface area contributed by atoms with E-state index < -0.39 is 0 Å². The standard InChI is InChI=1S/C16H14ClN3O2S/c1-20-8-13(7-18-20)19-16(21)15-6-11(10-23-15)9-22-14-4-2-12(17)3-5-14/h2-8,10H,9H2,1H3,(H,19,21). The minimum absolute atomic E-state index is 0.152. The Bertz CT molecular complexity index is 811. The Morgan fingerprint density at radius 2 is 2.17 bits per heavy atom. The molecular formula is C16H14ClN3O2S. The zero-order valence-electron chi connectivity index (χ0n) is 12.3. The lowest BCUT2D eigenvalue weighted by Gasteiger charge is -2.04. The van der Waals surface area contributed by atoms with Crippen LogP contribution in [0.5, 0.6) is 5.75 Å². The number of aromatic nitrogens is 2. The van der Waals surface area contributed by atoms with Crippen LogP contribution in [0.1, 0.15) is 15.2 Å². The van der Waals surface area contributed by atoms with E-state index in [1.807, 2.05) is 23.6 Å². The predicted octanol–water partition coefficient (Wildman–Crippen LogP) is 3.97. The van der Waals surface area contributed by atoms with Crippen molar-refractivity contribution >= 4 is 34.5 Å². The van der Waals surface area contributed by atoms with Crippen molar-refractivity contribution in [2.24, 2.45) is 7.05 Å². The fourth-order valence-corrected chi connectivity index (χ4v) is 2.86. The van der Waals surface area contributed by atoms with Crippen molar-refractivity contribution in [3.8, 4) is 5.75 Å². The first-order valence-electron chi connectivity index (χ1n) is 6.86. The molecule has 0 aliphatic heterocycles. The second-order valence-corrected chi connectivity index (χ2v) is 6.27. The summed E-state index contributed by atoms with van der Waals surface area (Å²) in [6.07, 6.45) is 3.35. The lowest BCUT2D eigenvalue weighted by molar-refractivity contribution is 0.103. The molecule has 0 bridgehead atoms. The molecule has 0 unspecified atom stereocenters. The van der Waals surface area contributed by atoms with Crippen LogP contribution in [0, 0.1) is 0 Å². The number of carbonyl (C=O) groups excluding carboxylic acids is 1. The summed E-state index contributed by atoms with van der Waals surface area (Å²) < 4.78 is 7.30. The third kappa shape index (κ3) is 4.12. The Kier molecular flexibility index (Phi) is 4.64. The van der Waals surface area contributed by atoms with E-state index in [4.69, 9.17) is 16.3 Å². The van der Waals surface area contributed by atoms with Crippen LogP contribution in [-0.4, -0.2) is 15.7 Å². The Morgan fingerprint density at radius 1 is 1.39 bits per heavy atom. The average molecular weight is 348 g/mol. The van der Waals surface area contributed by atoms with Crippen LogP contribution in [0.2, 0.25) is 5.02 Å². The molecule has 0 fully saturated rings. The number of thiophene rings is 1. The van der Waals surface area contributed by atoms with Crippen LogP contribution in [0.25, 0.3) is 0 Å². The smallest absolute Gasteiger partial charge is 0.265 e. The van der Waals surface area contributed by atoms with Crippen molar-refractivity contribution in [2.75, 3.05) is 5.32 Å². The normalized spacial score (nSPS) is 10.5. The minimum atomic E-state index is -0.152. The van der Waals surface area contributed by atoms with Gasteiger partial charge in [0.15, 0.2) is 0 Å². The molecule has 2 heterocycles. The van der Waals surface area contributed by atoms with Crippen molar-refractivity contribution in [3.63, 3.8) is 0 Å². The molecule has 0 saturated heterocycles. The average Bonchev–Trinajstić information content (AvgIpc) is 3.16. The molecular weight excluding hydrogens is 334 g/mol. The van der Waals surface area contributed by atoms with Gasteiger partial charge in [-0.1, -0.05) is 11.6 Å². The Labute approximate surface area is 142 Å². The summed E-state index contributed by atoms with van der Waals surface area (Å²) in [5.41, 5.74) is 1.62. The van der Waals surface area contributed by atoms with Gasteiger partial charge in [0, 0.05) is 23.8 Å². The summed E-state index contributed by atoms with van der Waals surface area (Å²) in [5.74, 6) is 0.586. The number of halogens is 1. The largest absolute Gasteiger partial charge is 0.489 e. The molecule has 0 radical (unpaired) electrons. The van der Waals surface area contributed by atoms with Crippen LogP contribution in [0.3, 0.4) is 0 Å². The van der Waals surface area contributed by atoms with E-state index in [1.54, 1.807) is 36.3 Å². The summed E-state index contributed by atoms with van der Waals surface area (Å²) in [6, 6.07) is 9.00. The number of benzene rings is 1. The number of hydrogen-bond donors (Lipinski definition) is 1. The van der Waals surface area contributed by atoms with Gasteiger partial charge in [-0.25, -0.2) is 0 Å². The van der Waals surface area contributed by atoms with Gasteiger partial charge in [0.25, 0.3) is 5.91 Å². The van der Waals surface area contributed by atoms with Crippen molar-refractivity contribution in [2.45, 2.75) is 6.61 Å². The first kappa shape index (κ1) is 15.6. The topological polar surface area (TPSA) is 56.2 Å². The first-order chi connectivity index (χ1) is 11.1. The summed E-state index contributed by atoms with van der Waals surface area (Å²) in [5, 5.41) is 9.40. The fraction of sp³-hybridized carbons (Fsp3) is 0.125. The van der Waals surface area contributed by atoms with E-state index in [0.717, 1.165) is 11.3 Å². The minimum Gasteiger partial charge on any atom is -0.489 e. The van der Waals surface area contributed by atoms with E-state index in [2.05, 4.69) is 10.4 Å². The number of carbonyl (C=O) groups is 1. The summed E-state index contributed by atoms with van der Waals surface area (Å²) in [4.78, 5) is 12.8. The Morgan fingerprint density at radius 3 is 2.87 bits per heavy atom. The van der Waals surface area contributed by atoms with Crippen LogP contribution < -0.4 is 10.1 Å². The number of amides is 1. The van der Waals surface area contributed by atoms with Gasteiger partial charge in [0.05, 0.1) is 16.8 Å². The van der Waals surface area contributed by atoms with Crippen molar-refractivity contribution in [3.05, 3.63) is 63.6 Å². The third-order valence-corrected chi connectivity index (χ3v) is 4.29. The predicted molar refractivity (Wildman–Crippen MR) is 91.3 cm³/mol. The summed E-state index contributed by atoms with van der Waals surface area (Å²) >= 11 is 7.21. The number of hydrogen-bond acceptors (Lipinski definition) is 4. The number of ether oxygens (including phenoxy) is 1. The highest BCUT2D eigenvalue weighted by molar-refractivity contribution is 7.12. The van der Waals surface area contributed by atoms with E-state index in [-0.39, 0.29) is 5.91 Å². The summed E-state index contributed by atoms with van der Waals surface area (Å²) in [6.45, 7) is 0.401. The lowest BCUT2D eigenvalue weighted by atomic mass is 10.3. The lowest BCUT2D eigenvalue weighted by Crippen LogP contribution is -2.09. The zero-order chi connectivity index (χ0) is 16.2. The van der Waals surface area contributed by atoms with Crippen LogP contribution >= 0.6 is 22.9 Å². The monoisotopic (exact) mass is 347 g/mol. The molecule has 3 aromatic rings. The Balaban J connectivity index is 1.59.